The van der Waals surface area contributed by atoms with Crippen LogP contribution >= 0.6 is 22.6 Å². The van der Waals surface area contributed by atoms with Crippen LogP contribution in [0.1, 0.15) is 19.0 Å². The van der Waals surface area contributed by atoms with Crippen molar-refractivity contribution in [3.05, 3.63) is 11.9 Å². The molecule has 0 fully saturated rings. The van der Waals surface area contributed by atoms with Crippen LogP contribution in [0.15, 0.2) is 6.20 Å². The number of aryl methyl sites for hydroxylation is 1. The highest BCUT2D eigenvalue weighted by molar-refractivity contribution is 14.1. The highest BCUT2D eigenvalue weighted by atomic mass is 127. The van der Waals surface area contributed by atoms with Gasteiger partial charge in [0.15, 0.2) is 0 Å². The van der Waals surface area contributed by atoms with E-state index in [4.69, 9.17) is 0 Å². The fourth-order valence-corrected chi connectivity index (χ4v) is 1.09. The number of aromatic nitrogens is 3. The Kier molecular flexibility index (Phi) is 3.11. The predicted octanol–water partition coefficient (Wildman–Crippen LogP) is 1.62. The van der Waals surface area contributed by atoms with Crippen molar-refractivity contribution in [2.75, 3.05) is 0 Å². The van der Waals surface area contributed by atoms with E-state index < -0.39 is 0 Å². The van der Waals surface area contributed by atoms with Crippen molar-refractivity contribution in [3.8, 4) is 0 Å². The summed E-state index contributed by atoms with van der Waals surface area (Å²) in [6.07, 6.45) is 3.11. The van der Waals surface area contributed by atoms with Gasteiger partial charge in [-0.2, -0.15) is 0 Å². The Balaban J connectivity index is 2.59. The van der Waals surface area contributed by atoms with E-state index in [-0.39, 0.29) is 0 Å². The third kappa shape index (κ3) is 1.93. The summed E-state index contributed by atoms with van der Waals surface area (Å²) in [6, 6.07) is 0. The van der Waals surface area contributed by atoms with Gasteiger partial charge in [0.1, 0.15) is 0 Å². The Morgan fingerprint density at radius 1 is 1.70 bits per heavy atom. The van der Waals surface area contributed by atoms with Gasteiger partial charge >= 0.3 is 0 Å². The molecule has 0 saturated carbocycles. The highest BCUT2D eigenvalue weighted by Gasteiger charge is 1.95. The van der Waals surface area contributed by atoms with Crippen molar-refractivity contribution >= 4 is 22.6 Å². The molecule has 0 amide bonds. The molecule has 56 valence electrons. The molecule has 0 aliphatic heterocycles. The summed E-state index contributed by atoms with van der Waals surface area (Å²) in [5.41, 5.74) is 1.06. The molecule has 10 heavy (non-hydrogen) atoms. The van der Waals surface area contributed by atoms with Crippen LogP contribution in [-0.4, -0.2) is 15.0 Å². The Bertz CT molecular complexity index is 197. The van der Waals surface area contributed by atoms with E-state index in [2.05, 4.69) is 39.8 Å². The summed E-state index contributed by atoms with van der Waals surface area (Å²) in [4.78, 5) is 0. The standard InChI is InChI=1S/C6H10IN3/c1-2-3-10-5-6(4-7)8-9-10/h5H,2-4H2,1H3. The van der Waals surface area contributed by atoms with Gasteiger partial charge in [-0.3, -0.25) is 4.68 Å². The Hall–Kier alpha value is -0.130. The van der Waals surface area contributed by atoms with Gasteiger partial charge in [-0.15, -0.1) is 5.10 Å². The van der Waals surface area contributed by atoms with Gasteiger partial charge in [-0.05, 0) is 6.42 Å². The number of halogens is 1. The van der Waals surface area contributed by atoms with E-state index in [0.717, 1.165) is 23.1 Å². The second kappa shape index (κ2) is 3.90. The van der Waals surface area contributed by atoms with Crippen LogP contribution in [0.25, 0.3) is 0 Å². The molecule has 4 heteroatoms. The first-order valence-corrected chi connectivity index (χ1v) is 4.84. The number of rotatable bonds is 3. The maximum atomic E-state index is 3.96. The SMILES string of the molecule is CCCn1cc(CI)nn1. The number of alkyl halides is 1. The number of hydrogen-bond donors (Lipinski definition) is 0. The zero-order valence-corrected chi connectivity index (χ0v) is 8.08. The molecule has 0 aromatic carbocycles. The average molecular weight is 251 g/mol. The lowest BCUT2D eigenvalue weighted by atomic mass is 10.5. The molecule has 0 bridgehead atoms. The van der Waals surface area contributed by atoms with Gasteiger partial charge in [0, 0.05) is 17.2 Å². The molecule has 0 atom stereocenters. The first-order chi connectivity index (χ1) is 4.86. The normalized spacial score (nSPS) is 10.2. The second-order valence-electron chi connectivity index (χ2n) is 2.11. The van der Waals surface area contributed by atoms with Crippen LogP contribution in [0.2, 0.25) is 0 Å². The zero-order valence-electron chi connectivity index (χ0n) is 5.92. The molecule has 0 saturated heterocycles. The van der Waals surface area contributed by atoms with Crippen LogP contribution in [-0.2, 0) is 11.0 Å². The number of nitrogens with zero attached hydrogens (tertiary/aromatic N) is 3. The molecule has 1 rings (SSSR count). The van der Waals surface area contributed by atoms with Gasteiger partial charge in [-0.25, -0.2) is 0 Å². The lowest BCUT2D eigenvalue weighted by molar-refractivity contribution is 0.579. The predicted molar refractivity (Wildman–Crippen MR) is 48.0 cm³/mol. The fraction of sp³-hybridized carbons (Fsp3) is 0.667. The largest absolute Gasteiger partial charge is 0.252 e. The zero-order chi connectivity index (χ0) is 7.40. The van der Waals surface area contributed by atoms with Gasteiger partial charge in [0.05, 0.1) is 5.69 Å². The van der Waals surface area contributed by atoms with E-state index in [1.165, 1.54) is 0 Å². The van der Waals surface area contributed by atoms with Crippen molar-refractivity contribution < 1.29 is 0 Å². The van der Waals surface area contributed by atoms with Gasteiger partial charge in [0.2, 0.25) is 0 Å². The van der Waals surface area contributed by atoms with Crippen LogP contribution in [0.3, 0.4) is 0 Å². The first-order valence-electron chi connectivity index (χ1n) is 3.31. The summed E-state index contributed by atoms with van der Waals surface area (Å²) < 4.78 is 2.83. The van der Waals surface area contributed by atoms with Crippen molar-refractivity contribution in [1.82, 2.24) is 15.0 Å². The quantitative estimate of drug-likeness (QED) is 0.603. The number of hydrogen-bond acceptors (Lipinski definition) is 2. The lowest BCUT2D eigenvalue weighted by Gasteiger charge is -1.91. The van der Waals surface area contributed by atoms with Gasteiger partial charge in [0.25, 0.3) is 0 Å². The topological polar surface area (TPSA) is 30.7 Å². The van der Waals surface area contributed by atoms with Crippen LogP contribution in [0, 0.1) is 0 Å². The molecule has 0 unspecified atom stereocenters. The van der Waals surface area contributed by atoms with Crippen LogP contribution < -0.4 is 0 Å². The third-order valence-electron chi connectivity index (χ3n) is 1.18. The molecular formula is C6H10IN3. The van der Waals surface area contributed by atoms with E-state index in [9.17, 15) is 0 Å². The fourth-order valence-electron chi connectivity index (χ4n) is 0.738. The van der Waals surface area contributed by atoms with Crippen molar-refractivity contribution in [1.29, 1.82) is 0 Å². The van der Waals surface area contributed by atoms with Crippen molar-refractivity contribution in [3.63, 3.8) is 0 Å². The molecule has 0 aliphatic rings. The Morgan fingerprint density at radius 3 is 3.00 bits per heavy atom. The summed E-state index contributed by atoms with van der Waals surface area (Å²) in [7, 11) is 0. The Morgan fingerprint density at radius 2 is 2.50 bits per heavy atom. The minimum atomic E-state index is 0.946. The van der Waals surface area contributed by atoms with E-state index in [0.29, 0.717) is 0 Å². The maximum Gasteiger partial charge on any atom is 0.0924 e. The molecule has 0 radical (unpaired) electrons. The summed E-state index contributed by atoms with van der Waals surface area (Å²) in [5, 5.41) is 7.90. The summed E-state index contributed by atoms with van der Waals surface area (Å²) in [6.45, 7) is 3.11. The van der Waals surface area contributed by atoms with E-state index >= 15 is 0 Å². The smallest absolute Gasteiger partial charge is 0.0924 e. The second-order valence-corrected chi connectivity index (χ2v) is 2.87. The molecule has 1 heterocycles. The lowest BCUT2D eigenvalue weighted by Crippen LogP contribution is -1.96. The third-order valence-corrected chi connectivity index (χ3v) is 1.96. The van der Waals surface area contributed by atoms with E-state index in [1.807, 2.05) is 10.9 Å². The molecule has 0 spiro atoms. The van der Waals surface area contributed by atoms with Crippen molar-refractivity contribution in [2.45, 2.75) is 24.3 Å². The van der Waals surface area contributed by atoms with Gasteiger partial charge < -0.3 is 0 Å². The first kappa shape index (κ1) is 7.97. The van der Waals surface area contributed by atoms with Gasteiger partial charge in [-0.1, -0.05) is 34.7 Å². The van der Waals surface area contributed by atoms with Crippen LogP contribution in [0.5, 0.6) is 0 Å². The molecule has 1 aromatic heterocycles. The Labute approximate surface area is 73.9 Å². The molecule has 0 N–H and O–H groups in total. The minimum Gasteiger partial charge on any atom is -0.252 e. The molecular weight excluding hydrogens is 241 g/mol. The molecule has 3 nitrogen and oxygen atoms in total. The summed E-state index contributed by atoms with van der Waals surface area (Å²) >= 11 is 2.28. The van der Waals surface area contributed by atoms with E-state index in [1.54, 1.807) is 0 Å². The maximum absolute atomic E-state index is 3.96. The molecule has 0 aliphatic carbocycles. The van der Waals surface area contributed by atoms with Crippen molar-refractivity contribution in [2.24, 2.45) is 0 Å². The monoisotopic (exact) mass is 251 g/mol. The molecule has 1 aromatic rings. The summed E-state index contributed by atoms with van der Waals surface area (Å²) in [5.74, 6) is 0. The minimum absolute atomic E-state index is 0.946. The average Bonchev–Trinajstić information content (AvgIpc) is 2.37. The van der Waals surface area contributed by atoms with Crippen LogP contribution in [0.4, 0.5) is 0 Å². The highest BCUT2D eigenvalue weighted by Crippen LogP contribution is 1.99.